The van der Waals surface area contributed by atoms with Gasteiger partial charge in [-0.2, -0.15) is 0 Å². The van der Waals surface area contributed by atoms with Crippen molar-refractivity contribution < 1.29 is 4.42 Å². The highest BCUT2D eigenvalue weighted by molar-refractivity contribution is 7.14. The molecule has 0 bridgehead atoms. The third-order valence-corrected chi connectivity index (χ3v) is 6.27. The van der Waals surface area contributed by atoms with Gasteiger partial charge in [-0.05, 0) is 62.0 Å². The lowest BCUT2D eigenvalue weighted by molar-refractivity contribution is 0.537. The molecular weight excluding hydrogens is 324 g/mol. The predicted molar refractivity (Wildman–Crippen MR) is 114 cm³/mol. The molecular formula is C23H24OS. The Hall–Kier alpha value is -2.32. The van der Waals surface area contributed by atoms with E-state index >= 15 is 0 Å². The molecule has 1 nitrogen and oxygen atoms in total. The van der Waals surface area contributed by atoms with E-state index in [2.05, 4.69) is 33.6 Å². The number of rotatable bonds is 5. The van der Waals surface area contributed by atoms with Crippen molar-refractivity contribution in [2.45, 2.75) is 33.6 Å². The molecule has 1 aliphatic rings. The van der Waals surface area contributed by atoms with Gasteiger partial charge in [-0.1, -0.05) is 44.0 Å². The lowest BCUT2D eigenvalue weighted by Crippen LogP contribution is -2.01. The maximum atomic E-state index is 6.21. The number of fused-ring (bicyclic) bond motifs is 1. The molecule has 0 N–H and O–H groups in total. The molecule has 2 heterocycles. The second-order valence-electron chi connectivity index (χ2n) is 6.24. The Morgan fingerprint density at radius 1 is 1.00 bits per heavy atom. The molecule has 1 aliphatic carbocycles. The van der Waals surface area contributed by atoms with Crippen LogP contribution in [0, 0.1) is 6.92 Å². The molecule has 2 heteroatoms. The van der Waals surface area contributed by atoms with Crippen molar-refractivity contribution >= 4 is 46.8 Å². The van der Waals surface area contributed by atoms with Crippen LogP contribution >= 0.6 is 11.3 Å². The SMILES string of the molecule is C=Cc1sc(C2=C(C)c3oc(/C=C\C)c(C=C)c3CC2)c(C)c1C=C. The average Bonchev–Trinajstić information content (AvgIpc) is 3.13. The van der Waals surface area contributed by atoms with Gasteiger partial charge in [0.2, 0.25) is 0 Å². The largest absolute Gasteiger partial charge is 0.456 e. The molecule has 3 rings (SSSR count). The first-order valence-corrected chi connectivity index (χ1v) is 9.38. The molecule has 25 heavy (non-hydrogen) atoms. The maximum absolute atomic E-state index is 6.21. The monoisotopic (exact) mass is 348 g/mol. The quantitative estimate of drug-likeness (QED) is 0.545. The summed E-state index contributed by atoms with van der Waals surface area (Å²) in [5.41, 5.74) is 7.51. The van der Waals surface area contributed by atoms with Crippen LogP contribution in [0.15, 0.2) is 30.2 Å². The van der Waals surface area contributed by atoms with Gasteiger partial charge in [0.25, 0.3) is 0 Å². The van der Waals surface area contributed by atoms with E-state index < -0.39 is 0 Å². The molecule has 0 saturated heterocycles. The van der Waals surface area contributed by atoms with E-state index in [9.17, 15) is 0 Å². The molecule has 128 valence electrons. The summed E-state index contributed by atoms with van der Waals surface area (Å²) in [6.07, 6.45) is 11.8. The summed E-state index contributed by atoms with van der Waals surface area (Å²) >= 11 is 1.80. The first-order valence-electron chi connectivity index (χ1n) is 8.56. The van der Waals surface area contributed by atoms with Crippen LogP contribution in [0.3, 0.4) is 0 Å². The van der Waals surface area contributed by atoms with Gasteiger partial charge in [-0.25, -0.2) is 0 Å². The Morgan fingerprint density at radius 3 is 2.28 bits per heavy atom. The first kappa shape index (κ1) is 17.5. The molecule has 0 aliphatic heterocycles. The zero-order valence-electron chi connectivity index (χ0n) is 15.2. The molecule has 0 spiro atoms. The third kappa shape index (κ3) is 2.71. The van der Waals surface area contributed by atoms with Crippen molar-refractivity contribution in [1.29, 1.82) is 0 Å². The second-order valence-corrected chi connectivity index (χ2v) is 7.29. The van der Waals surface area contributed by atoms with Crippen molar-refractivity contribution in [3.8, 4) is 0 Å². The van der Waals surface area contributed by atoms with E-state index in [0.717, 1.165) is 29.9 Å². The summed E-state index contributed by atoms with van der Waals surface area (Å²) in [4.78, 5) is 2.52. The normalized spacial score (nSPS) is 14.0. The average molecular weight is 349 g/mol. The molecule has 0 radical (unpaired) electrons. The molecule has 0 fully saturated rings. The van der Waals surface area contributed by atoms with Crippen LogP contribution in [0.2, 0.25) is 0 Å². The van der Waals surface area contributed by atoms with Crippen molar-refractivity contribution in [1.82, 2.24) is 0 Å². The van der Waals surface area contributed by atoms with E-state index in [1.165, 1.54) is 37.6 Å². The van der Waals surface area contributed by atoms with Gasteiger partial charge in [0.1, 0.15) is 11.5 Å². The van der Waals surface area contributed by atoms with Crippen LogP contribution in [-0.4, -0.2) is 0 Å². The summed E-state index contributed by atoms with van der Waals surface area (Å²) in [6, 6.07) is 0. The maximum Gasteiger partial charge on any atom is 0.134 e. The molecule has 0 amide bonds. The lowest BCUT2D eigenvalue weighted by atomic mass is 9.87. The fourth-order valence-electron chi connectivity index (χ4n) is 3.65. The summed E-state index contributed by atoms with van der Waals surface area (Å²) in [5.74, 6) is 1.92. The minimum atomic E-state index is 0.907. The summed E-state index contributed by atoms with van der Waals surface area (Å²) < 4.78 is 6.21. The highest BCUT2D eigenvalue weighted by atomic mass is 32.1. The predicted octanol–water partition coefficient (Wildman–Crippen LogP) is 7.49. The van der Waals surface area contributed by atoms with Crippen LogP contribution in [0.1, 0.15) is 63.8 Å². The van der Waals surface area contributed by atoms with Gasteiger partial charge in [-0.15, -0.1) is 11.3 Å². The Bertz CT molecular complexity index is 928. The zero-order chi connectivity index (χ0) is 18.1. The Labute approximate surface area is 154 Å². The molecule has 0 aromatic carbocycles. The minimum absolute atomic E-state index is 0.907. The molecule has 2 aromatic heterocycles. The van der Waals surface area contributed by atoms with Crippen molar-refractivity contribution in [3.63, 3.8) is 0 Å². The minimum Gasteiger partial charge on any atom is -0.456 e. The van der Waals surface area contributed by atoms with Crippen molar-refractivity contribution in [2.75, 3.05) is 0 Å². The van der Waals surface area contributed by atoms with E-state index in [-0.39, 0.29) is 0 Å². The third-order valence-electron chi connectivity index (χ3n) is 4.90. The van der Waals surface area contributed by atoms with Crippen molar-refractivity contribution in [2.24, 2.45) is 0 Å². The molecule has 0 saturated carbocycles. The van der Waals surface area contributed by atoms with E-state index in [1.807, 2.05) is 37.3 Å². The van der Waals surface area contributed by atoms with Gasteiger partial charge in [0, 0.05) is 20.9 Å². The van der Waals surface area contributed by atoms with Gasteiger partial charge >= 0.3 is 0 Å². The van der Waals surface area contributed by atoms with Gasteiger partial charge in [0.15, 0.2) is 0 Å². The lowest BCUT2D eigenvalue weighted by Gasteiger charge is -2.17. The number of hydrogen-bond acceptors (Lipinski definition) is 2. The number of furan rings is 1. The van der Waals surface area contributed by atoms with Gasteiger partial charge in [0.05, 0.1) is 0 Å². The van der Waals surface area contributed by atoms with Crippen molar-refractivity contribution in [3.05, 3.63) is 69.3 Å². The molecule has 0 unspecified atom stereocenters. The summed E-state index contributed by atoms with van der Waals surface area (Å²) in [5, 5.41) is 0. The topological polar surface area (TPSA) is 13.1 Å². The van der Waals surface area contributed by atoms with E-state index in [1.54, 1.807) is 11.3 Å². The number of hydrogen-bond donors (Lipinski definition) is 0. The highest BCUT2D eigenvalue weighted by Gasteiger charge is 2.27. The highest BCUT2D eigenvalue weighted by Crippen LogP contribution is 2.45. The van der Waals surface area contributed by atoms with Crippen LogP contribution in [0.5, 0.6) is 0 Å². The van der Waals surface area contributed by atoms with Gasteiger partial charge in [-0.3, -0.25) is 0 Å². The smallest absolute Gasteiger partial charge is 0.134 e. The molecule has 0 atom stereocenters. The van der Waals surface area contributed by atoms with Crippen LogP contribution in [0.25, 0.3) is 35.5 Å². The fraction of sp³-hybridized carbons (Fsp3) is 0.217. The Kier molecular flexibility index (Phi) is 4.82. The first-order chi connectivity index (χ1) is 12.1. The fourth-order valence-corrected chi connectivity index (χ4v) is 4.94. The van der Waals surface area contributed by atoms with Gasteiger partial charge < -0.3 is 4.42 Å². The van der Waals surface area contributed by atoms with E-state index in [4.69, 9.17) is 4.42 Å². The van der Waals surface area contributed by atoms with Crippen LogP contribution in [0.4, 0.5) is 0 Å². The van der Waals surface area contributed by atoms with Crippen LogP contribution < -0.4 is 0 Å². The zero-order valence-corrected chi connectivity index (χ0v) is 16.1. The Morgan fingerprint density at radius 2 is 1.72 bits per heavy atom. The Balaban J connectivity index is 2.21. The summed E-state index contributed by atoms with van der Waals surface area (Å²) in [6.45, 7) is 18.2. The standard InChI is InChI=1S/C23H24OS/c1-7-11-20-17(9-3)19-13-12-18(14(5)22(19)24-20)23-15(6)16(8-2)21(10-4)25-23/h7-11H,2-4,12-13H2,1,5-6H3/b11-7-. The second kappa shape index (κ2) is 6.89. The van der Waals surface area contributed by atoms with E-state index in [0.29, 0.717) is 0 Å². The molecule has 2 aromatic rings. The number of allylic oxidation sites excluding steroid dienone is 3. The van der Waals surface area contributed by atoms with Crippen LogP contribution in [-0.2, 0) is 6.42 Å². The number of thiophene rings is 1. The summed E-state index contributed by atoms with van der Waals surface area (Å²) in [7, 11) is 0.